The van der Waals surface area contributed by atoms with Crippen molar-refractivity contribution in [2.75, 3.05) is 20.7 Å². The van der Waals surface area contributed by atoms with Gasteiger partial charge in [-0.1, -0.05) is 35.0 Å². The van der Waals surface area contributed by atoms with Crippen LogP contribution >= 0.6 is 11.6 Å². The number of rotatable bonds is 8. The fraction of sp³-hybridized carbons (Fsp3) is 0.400. The fourth-order valence-electron chi connectivity index (χ4n) is 4.25. The summed E-state index contributed by atoms with van der Waals surface area (Å²) in [5.74, 6) is 1.38. The second-order valence-electron chi connectivity index (χ2n) is 8.71. The van der Waals surface area contributed by atoms with Gasteiger partial charge in [-0.3, -0.25) is 4.79 Å². The first-order valence-electron chi connectivity index (χ1n) is 11.2. The molecule has 34 heavy (non-hydrogen) atoms. The van der Waals surface area contributed by atoms with Crippen molar-refractivity contribution in [1.29, 1.82) is 0 Å². The molecule has 3 atom stereocenters. The molecule has 1 N–H and O–H groups in total. The van der Waals surface area contributed by atoms with Crippen molar-refractivity contribution in [2.45, 2.75) is 39.0 Å². The smallest absolute Gasteiger partial charge is 0.322 e. The molecule has 0 bridgehead atoms. The second-order valence-corrected chi connectivity index (χ2v) is 9.11. The van der Waals surface area contributed by atoms with Crippen molar-refractivity contribution in [2.24, 2.45) is 5.92 Å². The van der Waals surface area contributed by atoms with Gasteiger partial charge in [-0.05, 0) is 44.5 Å². The summed E-state index contributed by atoms with van der Waals surface area (Å²) in [5.41, 5.74) is 2.85. The Labute approximate surface area is 204 Å². The van der Waals surface area contributed by atoms with Crippen molar-refractivity contribution in [1.82, 2.24) is 20.4 Å². The molecule has 2 heterocycles. The lowest BCUT2D eigenvalue weighted by molar-refractivity contribution is -0.142. The lowest BCUT2D eigenvalue weighted by Gasteiger charge is -2.29. The van der Waals surface area contributed by atoms with Gasteiger partial charge in [0.25, 0.3) is 5.89 Å². The van der Waals surface area contributed by atoms with Crippen LogP contribution in [0.25, 0.3) is 17.0 Å². The van der Waals surface area contributed by atoms with Crippen LogP contribution in [-0.4, -0.2) is 59.9 Å². The molecule has 8 nitrogen and oxygen atoms in total. The number of likely N-dealkylation sites (N-methyl/N-ethyl adjacent to an activating group) is 1. The number of hydrogen-bond acceptors (Lipinski definition) is 8. The van der Waals surface area contributed by atoms with Crippen LogP contribution < -0.4 is 10.1 Å². The van der Waals surface area contributed by atoms with Crippen molar-refractivity contribution in [3.05, 3.63) is 59.0 Å². The van der Waals surface area contributed by atoms with E-state index in [4.69, 9.17) is 25.6 Å². The zero-order valence-corrected chi connectivity index (χ0v) is 20.7. The minimum atomic E-state index is -0.387. The van der Waals surface area contributed by atoms with Crippen LogP contribution in [0, 0.1) is 5.92 Å². The first-order chi connectivity index (χ1) is 16.3. The van der Waals surface area contributed by atoms with E-state index in [-0.39, 0.29) is 30.1 Å². The molecule has 0 radical (unpaired) electrons. The molecule has 0 amide bonds. The molecule has 0 fully saturated rings. The molecule has 1 aromatic heterocycles. The molecule has 1 aromatic carbocycles. The number of hydrogen-bond donors (Lipinski definition) is 1. The number of carbonyl (C=O) groups is 1. The molecule has 2 aromatic rings. The quantitative estimate of drug-likeness (QED) is 0.560. The summed E-state index contributed by atoms with van der Waals surface area (Å²) in [6, 6.07) is 5.08. The molecule has 4 rings (SSSR count). The van der Waals surface area contributed by atoms with Gasteiger partial charge in [-0.25, -0.2) is 0 Å². The van der Waals surface area contributed by atoms with Crippen molar-refractivity contribution in [3.8, 4) is 17.2 Å². The molecule has 0 saturated carbocycles. The van der Waals surface area contributed by atoms with Crippen LogP contribution in [0.3, 0.4) is 0 Å². The summed E-state index contributed by atoms with van der Waals surface area (Å²) >= 11 is 6.38. The van der Waals surface area contributed by atoms with E-state index in [2.05, 4.69) is 32.6 Å². The first-order valence-corrected chi connectivity index (χ1v) is 11.6. The third-order valence-electron chi connectivity index (χ3n) is 5.88. The van der Waals surface area contributed by atoms with E-state index in [0.29, 0.717) is 29.0 Å². The van der Waals surface area contributed by atoms with Gasteiger partial charge < -0.3 is 24.2 Å². The van der Waals surface area contributed by atoms with Gasteiger partial charge in [-0.15, -0.1) is 0 Å². The van der Waals surface area contributed by atoms with Gasteiger partial charge >= 0.3 is 5.97 Å². The van der Waals surface area contributed by atoms with Gasteiger partial charge in [0.2, 0.25) is 5.82 Å². The van der Waals surface area contributed by atoms with E-state index in [0.717, 1.165) is 11.1 Å². The summed E-state index contributed by atoms with van der Waals surface area (Å²) < 4.78 is 16.1. The van der Waals surface area contributed by atoms with E-state index in [1.54, 1.807) is 13.0 Å². The van der Waals surface area contributed by atoms with Crippen LogP contribution in [-0.2, 0) is 9.53 Å². The molecular formula is C25H29ClN4O4. The van der Waals surface area contributed by atoms with Gasteiger partial charge in [0, 0.05) is 36.8 Å². The van der Waals surface area contributed by atoms with E-state index < -0.39 is 0 Å². The SMILES string of the molecule is COC(=O)[C@@H](C)NCC1=CN(C)C2C(c3noc(-c4ccc(OC(C)C)c(Cl)c4)n3)=CC=CC12. The highest BCUT2D eigenvalue weighted by Crippen LogP contribution is 2.39. The van der Waals surface area contributed by atoms with Gasteiger partial charge in [-0.2, -0.15) is 4.98 Å². The number of esters is 1. The number of benzene rings is 1. The summed E-state index contributed by atoms with van der Waals surface area (Å²) in [6.07, 6.45) is 8.31. The lowest BCUT2D eigenvalue weighted by atomic mass is 9.85. The normalized spacial score (nSPS) is 20.1. The number of methoxy groups -OCH3 is 1. The third kappa shape index (κ3) is 4.88. The maximum atomic E-state index is 11.7. The van der Waals surface area contributed by atoms with Gasteiger partial charge in [0.05, 0.1) is 24.3 Å². The van der Waals surface area contributed by atoms with Crippen LogP contribution in [0.2, 0.25) is 5.02 Å². The summed E-state index contributed by atoms with van der Waals surface area (Å²) in [6.45, 7) is 6.26. The highest BCUT2D eigenvalue weighted by molar-refractivity contribution is 6.32. The number of ether oxygens (including phenoxy) is 2. The van der Waals surface area contributed by atoms with Crippen LogP contribution in [0.4, 0.5) is 0 Å². The highest BCUT2D eigenvalue weighted by Gasteiger charge is 2.38. The summed E-state index contributed by atoms with van der Waals surface area (Å²) in [4.78, 5) is 18.5. The Morgan fingerprint density at radius 1 is 1.32 bits per heavy atom. The first kappa shape index (κ1) is 24.0. The molecule has 0 spiro atoms. The Balaban J connectivity index is 1.50. The Morgan fingerprint density at radius 3 is 2.82 bits per heavy atom. The molecule has 2 unspecified atom stereocenters. The summed E-state index contributed by atoms with van der Waals surface area (Å²) in [7, 11) is 3.41. The summed E-state index contributed by atoms with van der Waals surface area (Å²) in [5, 5.41) is 7.98. The van der Waals surface area contributed by atoms with Crippen LogP contribution in [0.5, 0.6) is 5.75 Å². The van der Waals surface area contributed by atoms with E-state index in [9.17, 15) is 4.79 Å². The number of fused-ring (bicyclic) bond motifs is 1. The molecule has 9 heteroatoms. The van der Waals surface area contributed by atoms with Crippen molar-refractivity contribution < 1.29 is 18.8 Å². The Bertz CT molecular complexity index is 1150. The molecule has 1 aliphatic heterocycles. The van der Waals surface area contributed by atoms with E-state index in [1.807, 2.05) is 45.2 Å². The minimum absolute atomic E-state index is 0.0263. The average Bonchev–Trinajstić information content (AvgIpc) is 3.43. The number of allylic oxidation sites excluding steroid dienone is 2. The molecule has 0 saturated heterocycles. The predicted molar refractivity (Wildman–Crippen MR) is 130 cm³/mol. The van der Waals surface area contributed by atoms with Crippen LogP contribution in [0.15, 0.2) is 52.7 Å². The van der Waals surface area contributed by atoms with Gasteiger partial charge in [0.1, 0.15) is 11.8 Å². The Kier molecular flexibility index (Phi) is 7.09. The predicted octanol–water partition coefficient (Wildman–Crippen LogP) is 4.10. The number of halogens is 1. The van der Waals surface area contributed by atoms with Crippen molar-refractivity contribution in [3.63, 3.8) is 0 Å². The second kappa shape index (κ2) is 10.0. The third-order valence-corrected chi connectivity index (χ3v) is 6.18. The number of nitrogens with zero attached hydrogens (tertiary/aromatic N) is 3. The van der Waals surface area contributed by atoms with Gasteiger partial charge in [0.15, 0.2) is 0 Å². The van der Waals surface area contributed by atoms with Crippen LogP contribution in [0.1, 0.15) is 26.6 Å². The largest absolute Gasteiger partial charge is 0.489 e. The zero-order valence-electron chi connectivity index (χ0n) is 19.9. The topological polar surface area (TPSA) is 89.7 Å². The number of aromatic nitrogens is 2. The maximum absolute atomic E-state index is 11.7. The number of nitrogens with one attached hydrogen (secondary N) is 1. The lowest BCUT2D eigenvalue weighted by Crippen LogP contribution is -2.37. The average molecular weight is 485 g/mol. The van der Waals surface area contributed by atoms with Crippen molar-refractivity contribution >= 4 is 23.1 Å². The fourth-order valence-corrected chi connectivity index (χ4v) is 4.47. The van der Waals surface area contributed by atoms with E-state index >= 15 is 0 Å². The molecule has 2 aliphatic rings. The molecule has 180 valence electrons. The zero-order chi connectivity index (χ0) is 24.4. The Hall–Kier alpha value is -3.10. The molecule has 1 aliphatic carbocycles. The van der Waals surface area contributed by atoms with E-state index in [1.165, 1.54) is 12.7 Å². The number of carbonyl (C=O) groups excluding carboxylic acids is 1. The Morgan fingerprint density at radius 2 is 2.12 bits per heavy atom. The monoisotopic (exact) mass is 484 g/mol. The maximum Gasteiger partial charge on any atom is 0.322 e. The standard InChI is InChI=1S/C25H29ClN4O4/c1-14(2)33-21-10-9-16(11-20(21)26)24-28-23(29-34-24)19-8-6-7-18-17(13-30(4)22(18)19)12-27-15(3)25(31)32-5/h6-11,13-15,18,22,27H,12H2,1-5H3/t15-,18?,22?/m1/s1. The molecular weight excluding hydrogens is 456 g/mol. The highest BCUT2D eigenvalue weighted by atomic mass is 35.5. The minimum Gasteiger partial charge on any atom is -0.489 e.